The predicted molar refractivity (Wildman–Crippen MR) is 239 cm³/mol. The minimum atomic E-state index is -2.76. The summed E-state index contributed by atoms with van der Waals surface area (Å²) in [6.07, 6.45) is 6.62. The lowest BCUT2D eigenvalue weighted by molar-refractivity contribution is -0.125. The van der Waals surface area contributed by atoms with Crippen LogP contribution in [0.4, 0.5) is 40.2 Å². The molecule has 1 atom stereocenters. The van der Waals surface area contributed by atoms with Crippen LogP contribution in [-0.2, 0) is 9.36 Å². The van der Waals surface area contributed by atoms with Crippen LogP contribution in [0.1, 0.15) is 24.8 Å². The minimum absolute atomic E-state index is 0.123. The number of aromatic nitrogens is 4. The SMILES string of the molecule is COc1cc(N2CCN(CC3CCN(c4ccc(N5CCC(=O)NC5O)cc4)CC3)CC2)c(C)cc1Nc1ncc(Br)c(Nc2ccc3nccnc3c2P(C)(C)=O)n1. The van der Waals surface area contributed by atoms with E-state index < -0.39 is 13.5 Å². The number of aliphatic hydroxyl groups excluding tert-OH is 1. The summed E-state index contributed by atoms with van der Waals surface area (Å²) in [4.78, 5) is 39.1. The van der Waals surface area contributed by atoms with Gasteiger partial charge in [-0.1, -0.05) is 0 Å². The number of benzene rings is 3. The van der Waals surface area contributed by atoms with Crippen LogP contribution in [0.15, 0.2) is 71.6 Å². The maximum atomic E-state index is 13.5. The van der Waals surface area contributed by atoms with Gasteiger partial charge in [0.05, 0.1) is 33.8 Å². The van der Waals surface area contributed by atoms with Crippen LogP contribution in [0.3, 0.4) is 0 Å². The first kappa shape index (κ1) is 40.7. The third-order valence-corrected chi connectivity index (χ3v) is 13.6. The number of amides is 1. The maximum Gasteiger partial charge on any atom is 0.229 e. The molecule has 0 spiro atoms. The summed E-state index contributed by atoms with van der Waals surface area (Å²) in [5.74, 6) is 2.12. The van der Waals surface area contributed by atoms with Crippen molar-refractivity contribution in [1.29, 1.82) is 0 Å². The average Bonchev–Trinajstić information content (AvgIpc) is 3.22. The first-order valence-corrected chi connectivity index (χ1v) is 23.4. The number of nitrogens with one attached hydrogen (secondary N) is 3. The Kier molecular flexibility index (Phi) is 11.9. The van der Waals surface area contributed by atoms with Gasteiger partial charge >= 0.3 is 0 Å². The number of halogens is 1. The monoisotopic (exact) mass is 883 g/mol. The van der Waals surface area contributed by atoms with E-state index in [1.807, 2.05) is 29.2 Å². The summed E-state index contributed by atoms with van der Waals surface area (Å²) in [5.41, 5.74) is 7.07. The number of piperazine rings is 1. The van der Waals surface area contributed by atoms with Gasteiger partial charge in [-0.2, -0.15) is 4.98 Å². The fourth-order valence-corrected chi connectivity index (χ4v) is 10.1. The summed E-state index contributed by atoms with van der Waals surface area (Å²) in [7, 11) is -1.09. The number of methoxy groups -OCH3 is 1. The van der Waals surface area contributed by atoms with Crippen molar-refractivity contribution in [3.63, 3.8) is 0 Å². The third-order valence-electron chi connectivity index (χ3n) is 11.5. The van der Waals surface area contributed by atoms with Gasteiger partial charge in [0.25, 0.3) is 0 Å². The second-order valence-corrected chi connectivity index (χ2v) is 19.8. The van der Waals surface area contributed by atoms with E-state index >= 15 is 0 Å². The van der Waals surface area contributed by atoms with E-state index in [-0.39, 0.29) is 5.91 Å². The first-order valence-electron chi connectivity index (χ1n) is 20.0. The van der Waals surface area contributed by atoms with Crippen LogP contribution in [-0.4, -0.2) is 115 Å². The topological polar surface area (TPSA) is 164 Å². The van der Waals surface area contributed by atoms with Crippen LogP contribution >= 0.6 is 23.1 Å². The van der Waals surface area contributed by atoms with E-state index in [2.05, 4.69) is 92.7 Å². The Bertz CT molecular complexity index is 2370. The standard InChI is InChI=1S/C42H51BrN11O4P/c1-27-23-34(48-41-46-25-31(43)40(50-41)47-33-10-9-32-38(45-15-14-44-32)39(33)59(3,4)57)36(58-2)24-35(27)53-21-19-51(20-22-53)26-28-11-16-52(17-12-28)29-5-7-30(8-6-29)54-18-13-37(55)49-42(54)56/h5-10,14-15,23-25,28,42,56H,11-13,16-22,26H2,1-4H3,(H,49,55)(H2,46,47,48,50). The Morgan fingerprint density at radius 1 is 0.898 bits per heavy atom. The first-order chi connectivity index (χ1) is 28.4. The molecule has 5 aromatic rings. The smallest absolute Gasteiger partial charge is 0.229 e. The lowest BCUT2D eigenvalue weighted by Crippen LogP contribution is -2.54. The Hall–Kier alpha value is -5.02. The number of fused-ring (bicyclic) bond motifs is 1. The van der Waals surface area contributed by atoms with Gasteiger partial charge in [0, 0.05) is 100 Å². The van der Waals surface area contributed by atoms with E-state index in [9.17, 15) is 14.5 Å². The summed E-state index contributed by atoms with van der Waals surface area (Å²) in [5, 5.41) is 20.2. The Balaban J connectivity index is 0.862. The summed E-state index contributed by atoms with van der Waals surface area (Å²) in [6, 6.07) is 16.2. The highest BCUT2D eigenvalue weighted by molar-refractivity contribution is 9.10. The molecule has 1 amide bonds. The van der Waals surface area contributed by atoms with Crippen molar-refractivity contribution in [3.05, 3.63) is 77.2 Å². The van der Waals surface area contributed by atoms with Gasteiger partial charge in [-0.15, -0.1) is 0 Å². The fourth-order valence-electron chi connectivity index (χ4n) is 8.39. The number of piperidine rings is 1. The number of carbonyl (C=O) groups excluding carboxylic acids is 1. The lowest BCUT2D eigenvalue weighted by Gasteiger charge is -2.40. The van der Waals surface area contributed by atoms with E-state index in [1.54, 1.807) is 39.0 Å². The molecule has 3 aromatic carbocycles. The summed E-state index contributed by atoms with van der Waals surface area (Å²) >= 11 is 3.59. The normalized spacial score (nSPS) is 18.2. The molecule has 15 nitrogen and oxygen atoms in total. The van der Waals surface area contributed by atoms with Crippen LogP contribution in [0, 0.1) is 12.8 Å². The molecule has 3 saturated heterocycles. The molecule has 8 rings (SSSR count). The van der Waals surface area contributed by atoms with E-state index in [1.165, 1.54) is 5.69 Å². The minimum Gasteiger partial charge on any atom is -0.494 e. The van der Waals surface area contributed by atoms with Crippen molar-refractivity contribution in [3.8, 4) is 5.75 Å². The summed E-state index contributed by atoms with van der Waals surface area (Å²) < 4.78 is 20.0. The zero-order chi connectivity index (χ0) is 41.3. The van der Waals surface area contributed by atoms with Gasteiger partial charge in [-0.3, -0.25) is 19.7 Å². The van der Waals surface area contributed by atoms with Gasteiger partial charge in [-0.05, 0) is 103 Å². The number of nitrogens with zero attached hydrogens (tertiary/aromatic N) is 8. The molecule has 0 saturated carbocycles. The quantitative estimate of drug-likeness (QED) is 0.116. The van der Waals surface area contributed by atoms with Crippen molar-refractivity contribution in [1.82, 2.24) is 30.2 Å². The van der Waals surface area contributed by atoms with Gasteiger partial charge < -0.3 is 45.1 Å². The molecule has 4 N–H and O–H groups in total. The molecule has 2 aromatic heterocycles. The molecule has 5 heterocycles. The van der Waals surface area contributed by atoms with E-state index in [0.717, 1.165) is 81.3 Å². The van der Waals surface area contributed by atoms with Gasteiger partial charge in [0.2, 0.25) is 18.2 Å². The molecule has 3 aliphatic rings. The molecule has 0 radical (unpaired) electrons. The molecule has 310 valence electrons. The second kappa shape index (κ2) is 17.3. The largest absolute Gasteiger partial charge is 0.494 e. The van der Waals surface area contributed by atoms with Gasteiger partial charge in [0.15, 0.2) is 0 Å². The van der Waals surface area contributed by atoms with Crippen LogP contribution in [0.25, 0.3) is 11.0 Å². The van der Waals surface area contributed by atoms with Crippen molar-refractivity contribution in [2.75, 3.05) is 98.1 Å². The van der Waals surface area contributed by atoms with Crippen molar-refractivity contribution < 1.29 is 19.2 Å². The number of rotatable bonds is 11. The number of aryl methyl sites for hydroxylation is 1. The number of aliphatic hydroxyl groups is 1. The number of carbonyl (C=O) groups is 1. The number of hydrogen-bond acceptors (Lipinski definition) is 14. The molecule has 0 aliphatic carbocycles. The number of ether oxygens (including phenoxy) is 1. The van der Waals surface area contributed by atoms with Gasteiger partial charge in [0.1, 0.15) is 24.2 Å². The summed E-state index contributed by atoms with van der Waals surface area (Å²) in [6.45, 7) is 13.1. The molecule has 59 heavy (non-hydrogen) atoms. The molecule has 0 bridgehead atoms. The molecule has 17 heteroatoms. The predicted octanol–water partition coefficient (Wildman–Crippen LogP) is 5.88. The number of hydrogen-bond donors (Lipinski definition) is 4. The highest BCUT2D eigenvalue weighted by Gasteiger charge is 2.28. The van der Waals surface area contributed by atoms with E-state index in [0.29, 0.717) is 62.9 Å². The zero-order valence-electron chi connectivity index (χ0n) is 33.9. The zero-order valence-corrected chi connectivity index (χ0v) is 36.3. The second-order valence-electron chi connectivity index (χ2n) is 15.8. The maximum absolute atomic E-state index is 13.5. The van der Waals surface area contributed by atoms with Crippen molar-refractivity contribution in [2.45, 2.75) is 32.5 Å². The fraction of sp³-hybridized carbons (Fsp3) is 0.405. The van der Waals surface area contributed by atoms with Crippen LogP contribution in [0.5, 0.6) is 5.75 Å². The number of anilines is 7. The molecule has 3 aliphatic heterocycles. The Morgan fingerprint density at radius 3 is 2.34 bits per heavy atom. The van der Waals surface area contributed by atoms with Crippen LogP contribution < -0.4 is 40.7 Å². The Labute approximate surface area is 353 Å². The average molecular weight is 885 g/mol. The lowest BCUT2D eigenvalue weighted by atomic mass is 9.95. The van der Waals surface area contributed by atoms with Crippen LogP contribution in [0.2, 0.25) is 0 Å². The third kappa shape index (κ3) is 9.10. The molecular weight excluding hydrogens is 833 g/mol. The highest BCUT2D eigenvalue weighted by atomic mass is 79.9. The van der Waals surface area contributed by atoms with Crippen molar-refractivity contribution >= 4 is 85.5 Å². The Morgan fingerprint density at radius 2 is 1.63 bits per heavy atom. The molecule has 1 unspecified atom stereocenters. The van der Waals surface area contributed by atoms with E-state index in [4.69, 9.17) is 9.72 Å². The molecular formula is C42H51BrN11O4P. The highest BCUT2D eigenvalue weighted by Crippen LogP contribution is 2.42. The molecule has 3 fully saturated rings. The van der Waals surface area contributed by atoms with Gasteiger partial charge in [-0.25, -0.2) is 4.98 Å². The van der Waals surface area contributed by atoms with Crippen molar-refractivity contribution in [2.24, 2.45) is 5.92 Å².